The second-order valence-corrected chi connectivity index (χ2v) is 4.84. The van der Waals surface area contributed by atoms with Gasteiger partial charge in [0.1, 0.15) is 0 Å². The first-order chi connectivity index (χ1) is 8.19. The number of ether oxygens (including phenoxy) is 2. The highest BCUT2D eigenvalue weighted by molar-refractivity contribution is 5.69. The summed E-state index contributed by atoms with van der Waals surface area (Å²) in [7, 11) is 0. The lowest BCUT2D eigenvalue weighted by atomic mass is 10.2. The van der Waals surface area contributed by atoms with E-state index >= 15 is 0 Å². The minimum atomic E-state index is -0.378. The number of hydrogen-bond donors (Lipinski definition) is 1. The molecule has 0 amide bonds. The Morgan fingerprint density at radius 3 is 2.76 bits per heavy atom. The lowest BCUT2D eigenvalue weighted by molar-refractivity contribution is -0.137. The molecule has 1 aromatic carbocycles. The highest BCUT2D eigenvalue weighted by Gasteiger charge is 2.43. The molecule has 2 saturated heterocycles. The van der Waals surface area contributed by atoms with Crippen LogP contribution >= 0.6 is 0 Å². The van der Waals surface area contributed by atoms with Gasteiger partial charge in [-0.3, -0.25) is 0 Å². The summed E-state index contributed by atoms with van der Waals surface area (Å²) in [6, 6.07) is 6.18. The molecule has 0 aliphatic carbocycles. The van der Waals surface area contributed by atoms with Crippen molar-refractivity contribution in [2.24, 2.45) is 0 Å². The molecule has 0 atom stereocenters. The van der Waals surface area contributed by atoms with Gasteiger partial charge in [-0.1, -0.05) is 6.07 Å². The predicted octanol–water partition coefficient (Wildman–Crippen LogP) is 1.53. The third-order valence-electron chi connectivity index (χ3n) is 3.53. The van der Waals surface area contributed by atoms with Gasteiger partial charge in [-0.2, -0.15) is 0 Å². The first-order valence-corrected chi connectivity index (χ1v) is 6.08. The predicted molar refractivity (Wildman–Crippen MR) is 67.1 cm³/mol. The van der Waals surface area contributed by atoms with Crippen LogP contribution in [0.5, 0.6) is 0 Å². The highest BCUT2D eigenvalue weighted by Crippen LogP contribution is 2.35. The van der Waals surface area contributed by atoms with Crippen LogP contribution < -0.4 is 10.6 Å². The summed E-state index contributed by atoms with van der Waals surface area (Å²) in [5.74, 6) is -0.378. The van der Waals surface area contributed by atoms with Gasteiger partial charge in [-0.15, -0.1) is 0 Å². The minimum absolute atomic E-state index is 0.378. The molecule has 0 unspecified atom stereocenters. The SMILES string of the molecule is Cc1ccc(N2CCC3(C2)OCCO3)c(N)c1. The summed E-state index contributed by atoms with van der Waals surface area (Å²) in [4.78, 5) is 2.25. The van der Waals surface area contributed by atoms with E-state index in [-0.39, 0.29) is 5.79 Å². The van der Waals surface area contributed by atoms with Crippen molar-refractivity contribution in [3.05, 3.63) is 23.8 Å². The number of rotatable bonds is 1. The molecule has 92 valence electrons. The van der Waals surface area contributed by atoms with Gasteiger partial charge in [0, 0.05) is 13.0 Å². The zero-order valence-corrected chi connectivity index (χ0v) is 10.1. The molecular formula is C13H18N2O2. The standard InChI is InChI=1S/C13H18N2O2/c1-10-2-3-12(11(14)8-10)15-5-4-13(9-15)16-6-7-17-13/h2-3,8H,4-7,9,14H2,1H3. The molecule has 0 radical (unpaired) electrons. The topological polar surface area (TPSA) is 47.7 Å². The Labute approximate surface area is 101 Å². The number of anilines is 2. The summed E-state index contributed by atoms with van der Waals surface area (Å²) < 4.78 is 11.4. The lowest BCUT2D eigenvalue weighted by Crippen LogP contribution is -2.34. The number of nitrogen functional groups attached to an aromatic ring is 1. The van der Waals surface area contributed by atoms with Crippen molar-refractivity contribution < 1.29 is 9.47 Å². The van der Waals surface area contributed by atoms with Crippen molar-refractivity contribution in [2.75, 3.05) is 36.9 Å². The molecule has 1 spiro atoms. The number of nitrogens with zero attached hydrogens (tertiary/aromatic N) is 1. The Morgan fingerprint density at radius 2 is 2.06 bits per heavy atom. The largest absolute Gasteiger partial charge is 0.397 e. The van der Waals surface area contributed by atoms with Crippen molar-refractivity contribution in [3.63, 3.8) is 0 Å². The van der Waals surface area contributed by atoms with Gasteiger partial charge >= 0.3 is 0 Å². The van der Waals surface area contributed by atoms with Crippen LogP contribution in [0, 0.1) is 6.92 Å². The summed E-state index contributed by atoms with van der Waals surface area (Å²) in [5, 5.41) is 0. The molecule has 4 nitrogen and oxygen atoms in total. The summed E-state index contributed by atoms with van der Waals surface area (Å²) >= 11 is 0. The van der Waals surface area contributed by atoms with Crippen LogP contribution in [-0.2, 0) is 9.47 Å². The van der Waals surface area contributed by atoms with E-state index in [2.05, 4.69) is 24.0 Å². The van der Waals surface area contributed by atoms with Gasteiger partial charge in [-0.25, -0.2) is 0 Å². The average Bonchev–Trinajstić information content (AvgIpc) is 2.90. The molecule has 17 heavy (non-hydrogen) atoms. The molecule has 0 aromatic heterocycles. The number of aryl methyl sites for hydroxylation is 1. The maximum Gasteiger partial charge on any atom is 0.187 e. The molecule has 4 heteroatoms. The van der Waals surface area contributed by atoms with Crippen LogP contribution in [0.15, 0.2) is 18.2 Å². The van der Waals surface area contributed by atoms with Gasteiger partial charge in [0.25, 0.3) is 0 Å². The Morgan fingerprint density at radius 1 is 1.29 bits per heavy atom. The van der Waals surface area contributed by atoms with E-state index in [9.17, 15) is 0 Å². The van der Waals surface area contributed by atoms with Gasteiger partial charge in [0.15, 0.2) is 5.79 Å². The van der Waals surface area contributed by atoms with E-state index in [4.69, 9.17) is 15.2 Å². The van der Waals surface area contributed by atoms with Crippen LogP contribution in [0.25, 0.3) is 0 Å². The maximum atomic E-state index is 6.07. The molecule has 1 aromatic rings. The molecule has 2 fully saturated rings. The van der Waals surface area contributed by atoms with Crippen molar-refractivity contribution >= 4 is 11.4 Å². The molecular weight excluding hydrogens is 216 g/mol. The van der Waals surface area contributed by atoms with E-state index in [1.54, 1.807) is 0 Å². The summed E-state index contributed by atoms with van der Waals surface area (Å²) in [5.41, 5.74) is 9.18. The number of nitrogens with two attached hydrogens (primary N) is 1. The average molecular weight is 234 g/mol. The first-order valence-electron chi connectivity index (χ1n) is 6.08. The van der Waals surface area contributed by atoms with Crippen LogP contribution in [-0.4, -0.2) is 32.1 Å². The van der Waals surface area contributed by atoms with E-state index in [1.807, 2.05) is 6.07 Å². The Hall–Kier alpha value is -1.26. The number of hydrogen-bond acceptors (Lipinski definition) is 4. The Bertz CT molecular complexity index is 427. The quantitative estimate of drug-likeness (QED) is 0.749. The van der Waals surface area contributed by atoms with Crippen LogP contribution in [0.2, 0.25) is 0 Å². The fraction of sp³-hybridized carbons (Fsp3) is 0.538. The van der Waals surface area contributed by atoms with Crippen molar-refractivity contribution in [1.82, 2.24) is 0 Å². The zero-order chi connectivity index (χ0) is 11.9. The van der Waals surface area contributed by atoms with Crippen LogP contribution in [0.4, 0.5) is 11.4 Å². The van der Waals surface area contributed by atoms with Crippen LogP contribution in [0.1, 0.15) is 12.0 Å². The van der Waals surface area contributed by atoms with Crippen molar-refractivity contribution in [1.29, 1.82) is 0 Å². The van der Waals surface area contributed by atoms with E-state index in [0.717, 1.165) is 30.9 Å². The van der Waals surface area contributed by atoms with E-state index in [1.165, 1.54) is 5.56 Å². The molecule has 2 heterocycles. The van der Waals surface area contributed by atoms with Gasteiger partial charge in [0.05, 0.1) is 31.1 Å². The number of benzene rings is 1. The molecule has 0 bridgehead atoms. The summed E-state index contributed by atoms with van der Waals surface area (Å²) in [6.07, 6.45) is 0.917. The normalized spacial score (nSPS) is 22.5. The molecule has 0 saturated carbocycles. The second-order valence-electron chi connectivity index (χ2n) is 4.84. The smallest absolute Gasteiger partial charge is 0.187 e. The molecule has 3 rings (SSSR count). The third-order valence-corrected chi connectivity index (χ3v) is 3.53. The molecule has 2 aliphatic heterocycles. The second kappa shape index (κ2) is 3.89. The van der Waals surface area contributed by atoms with Gasteiger partial charge in [0.2, 0.25) is 0 Å². The molecule has 2 aliphatic rings. The van der Waals surface area contributed by atoms with Crippen molar-refractivity contribution in [2.45, 2.75) is 19.1 Å². The van der Waals surface area contributed by atoms with Crippen molar-refractivity contribution in [3.8, 4) is 0 Å². The molecule has 2 N–H and O–H groups in total. The first kappa shape index (κ1) is 10.9. The monoisotopic (exact) mass is 234 g/mol. The third kappa shape index (κ3) is 1.87. The lowest BCUT2D eigenvalue weighted by Gasteiger charge is -2.24. The van der Waals surface area contributed by atoms with E-state index < -0.39 is 0 Å². The Kier molecular flexibility index (Phi) is 2.49. The highest BCUT2D eigenvalue weighted by atomic mass is 16.7. The van der Waals surface area contributed by atoms with Gasteiger partial charge in [-0.05, 0) is 24.6 Å². The fourth-order valence-corrected chi connectivity index (χ4v) is 2.65. The Balaban J connectivity index is 1.82. The minimum Gasteiger partial charge on any atom is -0.397 e. The zero-order valence-electron chi connectivity index (χ0n) is 10.1. The fourth-order valence-electron chi connectivity index (χ4n) is 2.65. The maximum absolute atomic E-state index is 6.07. The van der Waals surface area contributed by atoms with E-state index in [0.29, 0.717) is 13.2 Å². The van der Waals surface area contributed by atoms with Crippen LogP contribution in [0.3, 0.4) is 0 Å². The summed E-state index contributed by atoms with van der Waals surface area (Å²) in [6.45, 7) is 5.18. The van der Waals surface area contributed by atoms with Gasteiger partial charge < -0.3 is 20.1 Å².